The number of hydrogen-bond acceptors (Lipinski definition) is 5. The van der Waals surface area contributed by atoms with E-state index in [9.17, 15) is 9.90 Å². The Bertz CT molecular complexity index is 565. The number of likely N-dealkylation sites (tertiary alicyclic amines) is 1. The van der Waals surface area contributed by atoms with Gasteiger partial charge in [-0.15, -0.1) is 5.10 Å². The Morgan fingerprint density at radius 1 is 1.09 bits per heavy atom. The monoisotopic (exact) mass is 319 g/mol. The molecule has 1 aromatic rings. The summed E-state index contributed by atoms with van der Waals surface area (Å²) in [5.41, 5.74) is 0. The SMILES string of the molecule is O=C(C1CC1)N1[C@H](CO)CC[C@@H]1c1nnnn1C1CCCCC1. The first-order valence-corrected chi connectivity index (χ1v) is 9.00. The van der Waals surface area contributed by atoms with Gasteiger partial charge in [0.05, 0.1) is 24.7 Å². The predicted molar refractivity (Wildman–Crippen MR) is 82.4 cm³/mol. The highest BCUT2D eigenvalue weighted by atomic mass is 16.3. The molecule has 1 aromatic heterocycles. The number of hydrogen-bond donors (Lipinski definition) is 1. The fourth-order valence-electron chi connectivity index (χ4n) is 4.20. The Kier molecular flexibility index (Phi) is 4.05. The number of carbonyl (C=O) groups is 1. The minimum atomic E-state index is -0.0791. The zero-order chi connectivity index (χ0) is 15.8. The van der Waals surface area contributed by atoms with E-state index in [-0.39, 0.29) is 30.5 Å². The van der Waals surface area contributed by atoms with Crippen LogP contribution in [0.3, 0.4) is 0 Å². The van der Waals surface area contributed by atoms with Gasteiger partial charge in [-0.25, -0.2) is 4.68 Å². The molecule has 0 unspecified atom stereocenters. The van der Waals surface area contributed by atoms with Crippen LogP contribution in [0.4, 0.5) is 0 Å². The summed E-state index contributed by atoms with van der Waals surface area (Å²) < 4.78 is 1.97. The van der Waals surface area contributed by atoms with Crippen LogP contribution >= 0.6 is 0 Å². The van der Waals surface area contributed by atoms with Crippen molar-refractivity contribution < 1.29 is 9.90 Å². The average Bonchev–Trinajstić information content (AvgIpc) is 3.18. The molecule has 2 saturated carbocycles. The Morgan fingerprint density at radius 2 is 1.87 bits per heavy atom. The molecule has 126 valence electrons. The third kappa shape index (κ3) is 2.75. The molecular formula is C16H25N5O2. The van der Waals surface area contributed by atoms with Crippen molar-refractivity contribution in [2.24, 2.45) is 5.92 Å². The van der Waals surface area contributed by atoms with Gasteiger partial charge < -0.3 is 10.0 Å². The van der Waals surface area contributed by atoms with Crippen LogP contribution in [0, 0.1) is 5.92 Å². The highest BCUT2D eigenvalue weighted by molar-refractivity contribution is 5.82. The summed E-state index contributed by atoms with van der Waals surface area (Å²) in [5.74, 6) is 1.16. The number of tetrazole rings is 1. The van der Waals surface area contributed by atoms with Crippen molar-refractivity contribution in [2.75, 3.05) is 6.61 Å². The van der Waals surface area contributed by atoms with Crippen LogP contribution in [-0.4, -0.2) is 48.8 Å². The van der Waals surface area contributed by atoms with Crippen LogP contribution in [0.1, 0.15) is 75.7 Å². The van der Waals surface area contributed by atoms with Crippen LogP contribution < -0.4 is 0 Å². The van der Waals surface area contributed by atoms with Crippen LogP contribution in [0.25, 0.3) is 0 Å². The molecular weight excluding hydrogens is 294 g/mol. The summed E-state index contributed by atoms with van der Waals surface area (Å²) in [7, 11) is 0. The van der Waals surface area contributed by atoms with Crippen LogP contribution in [0.5, 0.6) is 0 Å². The summed E-state index contributed by atoms with van der Waals surface area (Å²) in [6.07, 6.45) is 9.60. The van der Waals surface area contributed by atoms with E-state index in [2.05, 4.69) is 15.5 Å². The maximum atomic E-state index is 12.7. The molecule has 7 nitrogen and oxygen atoms in total. The van der Waals surface area contributed by atoms with Gasteiger partial charge in [0, 0.05) is 5.92 Å². The normalized spacial score (nSPS) is 29.2. The molecule has 7 heteroatoms. The van der Waals surface area contributed by atoms with E-state index in [0.717, 1.165) is 44.3 Å². The van der Waals surface area contributed by atoms with Gasteiger partial charge in [-0.2, -0.15) is 0 Å². The van der Waals surface area contributed by atoms with Gasteiger partial charge in [-0.1, -0.05) is 19.3 Å². The summed E-state index contributed by atoms with van der Waals surface area (Å²) in [5, 5.41) is 22.1. The van der Waals surface area contributed by atoms with E-state index in [1.807, 2.05) is 9.58 Å². The lowest BCUT2D eigenvalue weighted by molar-refractivity contribution is -0.136. The van der Waals surface area contributed by atoms with Crippen molar-refractivity contribution in [1.82, 2.24) is 25.1 Å². The molecule has 0 bridgehead atoms. The molecule has 0 spiro atoms. The molecule has 0 aromatic carbocycles. The Hall–Kier alpha value is -1.50. The van der Waals surface area contributed by atoms with E-state index >= 15 is 0 Å². The summed E-state index contributed by atoms with van der Waals surface area (Å²) in [4.78, 5) is 14.6. The van der Waals surface area contributed by atoms with Crippen LogP contribution in [-0.2, 0) is 4.79 Å². The predicted octanol–water partition coefficient (Wildman–Crippen LogP) is 1.61. The Balaban J connectivity index is 1.61. The highest BCUT2D eigenvalue weighted by Crippen LogP contribution is 2.41. The molecule has 1 saturated heterocycles. The third-order valence-corrected chi connectivity index (χ3v) is 5.63. The number of nitrogens with zero attached hydrogens (tertiary/aromatic N) is 5. The van der Waals surface area contributed by atoms with E-state index in [1.165, 1.54) is 19.3 Å². The molecule has 3 aliphatic rings. The molecule has 2 atom stereocenters. The maximum absolute atomic E-state index is 12.7. The zero-order valence-electron chi connectivity index (χ0n) is 13.5. The van der Waals surface area contributed by atoms with Crippen molar-refractivity contribution >= 4 is 5.91 Å². The third-order valence-electron chi connectivity index (χ3n) is 5.63. The van der Waals surface area contributed by atoms with E-state index in [1.54, 1.807) is 0 Å². The first-order valence-electron chi connectivity index (χ1n) is 9.00. The summed E-state index contributed by atoms with van der Waals surface area (Å²) in [6.45, 7) is 0.0277. The lowest BCUT2D eigenvalue weighted by Gasteiger charge is -2.30. The molecule has 2 aliphatic carbocycles. The Labute approximate surface area is 136 Å². The minimum absolute atomic E-state index is 0.0277. The first kappa shape index (κ1) is 15.1. The second-order valence-corrected chi connectivity index (χ2v) is 7.22. The van der Waals surface area contributed by atoms with Crippen molar-refractivity contribution in [2.45, 2.75) is 75.9 Å². The number of aliphatic hydroxyl groups is 1. The van der Waals surface area contributed by atoms with E-state index in [4.69, 9.17) is 0 Å². The second kappa shape index (κ2) is 6.19. The molecule has 4 rings (SSSR count). The molecule has 0 radical (unpaired) electrons. The van der Waals surface area contributed by atoms with Gasteiger partial charge >= 0.3 is 0 Å². The molecule has 1 amide bonds. The van der Waals surface area contributed by atoms with Crippen molar-refractivity contribution in [1.29, 1.82) is 0 Å². The number of carbonyl (C=O) groups excluding carboxylic acids is 1. The fraction of sp³-hybridized carbons (Fsp3) is 0.875. The second-order valence-electron chi connectivity index (χ2n) is 7.22. The van der Waals surface area contributed by atoms with Gasteiger partial charge in [-0.05, 0) is 49.0 Å². The smallest absolute Gasteiger partial charge is 0.226 e. The number of aromatic nitrogens is 4. The zero-order valence-corrected chi connectivity index (χ0v) is 13.5. The van der Waals surface area contributed by atoms with E-state index < -0.39 is 0 Å². The van der Waals surface area contributed by atoms with Crippen molar-refractivity contribution in [3.63, 3.8) is 0 Å². The van der Waals surface area contributed by atoms with Gasteiger partial charge in [0.15, 0.2) is 5.82 Å². The number of amides is 1. The van der Waals surface area contributed by atoms with Crippen molar-refractivity contribution in [3.05, 3.63) is 5.82 Å². The maximum Gasteiger partial charge on any atom is 0.226 e. The Morgan fingerprint density at radius 3 is 2.57 bits per heavy atom. The summed E-state index contributed by atoms with van der Waals surface area (Å²) >= 11 is 0. The highest BCUT2D eigenvalue weighted by Gasteiger charge is 2.45. The molecule has 2 heterocycles. The molecule has 23 heavy (non-hydrogen) atoms. The van der Waals surface area contributed by atoms with Gasteiger partial charge in [0.2, 0.25) is 5.91 Å². The lowest BCUT2D eigenvalue weighted by Crippen LogP contribution is -2.41. The lowest BCUT2D eigenvalue weighted by atomic mass is 9.95. The number of rotatable bonds is 4. The first-order chi connectivity index (χ1) is 11.3. The van der Waals surface area contributed by atoms with Crippen molar-refractivity contribution in [3.8, 4) is 0 Å². The van der Waals surface area contributed by atoms with Gasteiger partial charge in [0.1, 0.15) is 0 Å². The van der Waals surface area contributed by atoms with Gasteiger partial charge in [0.25, 0.3) is 0 Å². The van der Waals surface area contributed by atoms with Crippen LogP contribution in [0.2, 0.25) is 0 Å². The molecule has 1 aliphatic heterocycles. The molecule has 1 N–H and O–H groups in total. The van der Waals surface area contributed by atoms with E-state index in [0.29, 0.717) is 6.04 Å². The minimum Gasteiger partial charge on any atom is -0.394 e. The summed E-state index contributed by atoms with van der Waals surface area (Å²) in [6, 6.07) is 0.210. The topological polar surface area (TPSA) is 84.1 Å². The standard InChI is InChI=1S/C16H25N5O2/c22-10-13-8-9-14(20(13)16(23)11-6-7-11)15-17-18-19-21(15)12-4-2-1-3-5-12/h11-14,22H,1-10H2/t13-,14+/m0/s1. The number of aliphatic hydroxyl groups excluding tert-OH is 1. The molecule has 3 fully saturated rings. The van der Waals surface area contributed by atoms with Gasteiger partial charge in [-0.3, -0.25) is 4.79 Å². The quantitative estimate of drug-likeness (QED) is 0.911. The fourth-order valence-corrected chi connectivity index (χ4v) is 4.20. The van der Waals surface area contributed by atoms with Crippen LogP contribution in [0.15, 0.2) is 0 Å². The largest absolute Gasteiger partial charge is 0.394 e. The average molecular weight is 319 g/mol.